The molecule has 0 spiro atoms. The van der Waals surface area contributed by atoms with Crippen LogP contribution in [0.25, 0.3) is 22.5 Å². The maximum absolute atomic E-state index is 12.4. The van der Waals surface area contributed by atoms with Crippen LogP contribution in [-0.4, -0.2) is 16.0 Å². The van der Waals surface area contributed by atoms with Gasteiger partial charge >= 0.3 is 0 Å². The Labute approximate surface area is 178 Å². The Hall–Kier alpha value is -3.44. The van der Waals surface area contributed by atoms with Crippen molar-refractivity contribution in [2.45, 2.75) is 19.3 Å². The molecule has 1 heterocycles. The van der Waals surface area contributed by atoms with E-state index in [0.29, 0.717) is 23.2 Å². The van der Waals surface area contributed by atoms with Gasteiger partial charge in [0.05, 0.1) is 0 Å². The predicted octanol–water partition coefficient (Wildman–Crippen LogP) is 5.53. The lowest BCUT2D eigenvalue weighted by Gasteiger charge is -2.07. The van der Waals surface area contributed by atoms with Crippen LogP contribution >= 0.6 is 11.6 Å². The van der Waals surface area contributed by atoms with Gasteiger partial charge in [-0.05, 0) is 65.1 Å². The summed E-state index contributed by atoms with van der Waals surface area (Å²) in [6.07, 6.45) is 1.53. The van der Waals surface area contributed by atoms with E-state index in [0.717, 1.165) is 17.7 Å². The van der Waals surface area contributed by atoms with Crippen LogP contribution in [0, 0.1) is 0 Å². The third-order valence-corrected chi connectivity index (χ3v) is 5.47. The quantitative estimate of drug-likeness (QED) is 0.409. The standard InChI is InChI=1S/C24H18ClN3O2/c25-18-7-5-15(6-8-18)24-27-23(30-28-24)12-11-22(29)26-19-9-10-21-17(14-19)13-16-3-1-2-4-20(16)21/h1-10,14H,11-13H2,(H,26,29). The van der Waals surface area contributed by atoms with Crippen molar-refractivity contribution in [2.75, 3.05) is 5.32 Å². The van der Waals surface area contributed by atoms with E-state index in [2.05, 4.69) is 51.9 Å². The molecule has 148 valence electrons. The second-order valence-electron chi connectivity index (χ2n) is 7.27. The van der Waals surface area contributed by atoms with Crippen molar-refractivity contribution >= 4 is 23.2 Å². The third kappa shape index (κ3) is 3.72. The molecule has 1 aromatic heterocycles. The van der Waals surface area contributed by atoms with Crippen LogP contribution in [0.2, 0.25) is 5.02 Å². The van der Waals surface area contributed by atoms with Gasteiger partial charge in [-0.1, -0.05) is 47.1 Å². The average Bonchev–Trinajstić information content (AvgIpc) is 3.37. The van der Waals surface area contributed by atoms with E-state index in [-0.39, 0.29) is 12.3 Å². The number of hydrogen-bond donors (Lipinski definition) is 1. The van der Waals surface area contributed by atoms with E-state index in [9.17, 15) is 4.79 Å². The Morgan fingerprint density at radius 1 is 1.00 bits per heavy atom. The molecule has 5 nitrogen and oxygen atoms in total. The van der Waals surface area contributed by atoms with Gasteiger partial charge in [-0.25, -0.2) is 0 Å². The molecule has 0 atom stereocenters. The van der Waals surface area contributed by atoms with E-state index in [1.807, 2.05) is 18.2 Å². The summed E-state index contributed by atoms with van der Waals surface area (Å²) in [5, 5.41) is 7.59. The Kier molecular flexibility index (Phi) is 4.81. The summed E-state index contributed by atoms with van der Waals surface area (Å²) in [5.74, 6) is 0.830. The fraction of sp³-hybridized carbons (Fsp3) is 0.125. The van der Waals surface area contributed by atoms with Crippen LogP contribution < -0.4 is 5.32 Å². The summed E-state index contributed by atoms with van der Waals surface area (Å²) in [4.78, 5) is 16.8. The number of amides is 1. The molecular weight excluding hydrogens is 398 g/mol. The first kappa shape index (κ1) is 18.6. The van der Waals surface area contributed by atoms with Crippen molar-refractivity contribution in [2.24, 2.45) is 0 Å². The first-order chi connectivity index (χ1) is 14.7. The highest BCUT2D eigenvalue weighted by atomic mass is 35.5. The zero-order valence-corrected chi connectivity index (χ0v) is 16.8. The first-order valence-corrected chi connectivity index (χ1v) is 10.1. The number of aryl methyl sites for hydroxylation is 1. The Bertz CT molecular complexity index is 1230. The van der Waals surface area contributed by atoms with Crippen LogP contribution in [0.4, 0.5) is 5.69 Å². The van der Waals surface area contributed by atoms with Crippen LogP contribution in [0.1, 0.15) is 23.4 Å². The minimum atomic E-state index is -0.0864. The molecule has 1 aliphatic rings. The van der Waals surface area contributed by atoms with Crippen LogP contribution in [-0.2, 0) is 17.6 Å². The number of rotatable bonds is 5. The molecule has 0 saturated heterocycles. The molecule has 4 aromatic rings. The first-order valence-electron chi connectivity index (χ1n) is 9.75. The number of halogens is 1. The van der Waals surface area contributed by atoms with Crippen molar-refractivity contribution < 1.29 is 9.32 Å². The molecule has 6 heteroatoms. The van der Waals surface area contributed by atoms with Crippen molar-refractivity contribution in [3.8, 4) is 22.5 Å². The second-order valence-corrected chi connectivity index (χ2v) is 7.71. The van der Waals surface area contributed by atoms with E-state index < -0.39 is 0 Å². The normalized spacial score (nSPS) is 11.8. The zero-order valence-electron chi connectivity index (χ0n) is 16.1. The number of aromatic nitrogens is 2. The molecule has 0 saturated carbocycles. The van der Waals surface area contributed by atoms with Gasteiger partial charge in [0, 0.05) is 29.1 Å². The predicted molar refractivity (Wildman–Crippen MR) is 116 cm³/mol. The highest BCUT2D eigenvalue weighted by molar-refractivity contribution is 6.30. The van der Waals surface area contributed by atoms with Gasteiger partial charge in [-0.2, -0.15) is 4.98 Å². The highest BCUT2D eigenvalue weighted by Gasteiger charge is 2.18. The summed E-state index contributed by atoms with van der Waals surface area (Å²) >= 11 is 5.90. The molecule has 1 amide bonds. The van der Waals surface area contributed by atoms with Gasteiger partial charge in [0.1, 0.15) is 0 Å². The SMILES string of the molecule is O=C(CCc1nc(-c2ccc(Cl)cc2)no1)Nc1ccc2c(c1)Cc1ccccc1-2. The van der Waals surface area contributed by atoms with Gasteiger partial charge < -0.3 is 9.84 Å². The monoisotopic (exact) mass is 415 g/mol. The van der Waals surface area contributed by atoms with Gasteiger partial charge in [-0.3, -0.25) is 4.79 Å². The highest BCUT2D eigenvalue weighted by Crippen LogP contribution is 2.37. The molecule has 0 fully saturated rings. The molecule has 0 aliphatic heterocycles. The molecular formula is C24H18ClN3O2. The fourth-order valence-electron chi connectivity index (χ4n) is 3.74. The summed E-state index contributed by atoms with van der Waals surface area (Å²) in [5.41, 5.74) is 6.70. The van der Waals surface area contributed by atoms with Crippen molar-refractivity contribution in [1.29, 1.82) is 0 Å². The van der Waals surface area contributed by atoms with Gasteiger partial charge in [-0.15, -0.1) is 0 Å². The van der Waals surface area contributed by atoms with Crippen LogP contribution in [0.15, 0.2) is 71.3 Å². The molecule has 1 N–H and O–H groups in total. The Morgan fingerprint density at radius 2 is 1.80 bits per heavy atom. The molecule has 1 aliphatic carbocycles. The van der Waals surface area contributed by atoms with Gasteiger partial charge in [0.25, 0.3) is 0 Å². The Morgan fingerprint density at radius 3 is 2.67 bits per heavy atom. The van der Waals surface area contributed by atoms with E-state index >= 15 is 0 Å². The number of carbonyl (C=O) groups excluding carboxylic acids is 1. The van der Waals surface area contributed by atoms with Crippen molar-refractivity contribution in [3.63, 3.8) is 0 Å². The lowest BCUT2D eigenvalue weighted by molar-refractivity contribution is -0.116. The molecule has 3 aromatic carbocycles. The minimum absolute atomic E-state index is 0.0864. The van der Waals surface area contributed by atoms with Crippen molar-refractivity contribution in [3.05, 3.63) is 88.8 Å². The summed E-state index contributed by atoms with van der Waals surface area (Å²) in [6.45, 7) is 0. The van der Waals surface area contributed by atoms with Crippen molar-refractivity contribution in [1.82, 2.24) is 10.1 Å². The second kappa shape index (κ2) is 7.76. The maximum Gasteiger partial charge on any atom is 0.227 e. The topological polar surface area (TPSA) is 68.0 Å². The van der Waals surface area contributed by atoms with Gasteiger partial charge in [0.15, 0.2) is 0 Å². The molecule has 30 heavy (non-hydrogen) atoms. The lowest BCUT2D eigenvalue weighted by atomic mass is 10.1. The summed E-state index contributed by atoms with van der Waals surface area (Å²) in [6, 6.07) is 21.7. The molecule has 5 rings (SSSR count). The summed E-state index contributed by atoms with van der Waals surface area (Å²) < 4.78 is 5.27. The number of hydrogen-bond acceptors (Lipinski definition) is 4. The molecule has 0 bridgehead atoms. The average molecular weight is 416 g/mol. The van der Waals surface area contributed by atoms with E-state index in [1.165, 1.54) is 22.3 Å². The van der Waals surface area contributed by atoms with E-state index in [4.69, 9.17) is 16.1 Å². The molecule has 0 unspecified atom stereocenters. The fourth-order valence-corrected chi connectivity index (χ4v) is 3.87. The largest absolute Gasteiger partial charge is 0.339 e. The molecule has 0 radical (unpaired) electrons. The van der Waals surface area contributed by atoms with Crippen LogP contribution in [0.3, 0.4) is 0 Å². The number of fused-ring (bicyclic) bond motifs is 3. The lowest BCUT2D eigenvalue weighted by Crippen LogP contribution is -2.12. The third-order valence-electron chi connectivity index (χ3n) is 5.21. The maximum atomic E-state index is 12.4. The zero-order chi connectivity index (χ0) is 20.5. The number of carbonyl (C=O) groups is 1. The van der Waals surface area contributed by atoms with Crippen LogP contribution in [0.5, 0.6) is 0 Å². The smallest absolute Gasteiger partial charge is 0.227 e. The van der Waals surface area contributed by atoms with Gasteiger partial charge in [0.2, 0.25) is 17.6 Å². The van der Waals surface area contributed by atoms with E-state index in [1.54, 1.807) is 12.1 Å². The number of nitrogens with zero attached hydrogens (tertiary/aromatic N) is 2. The number of nitrogens with one attached hydrogen (secondary N) is 1. The summed E-state index contributed by atoms with van der Waals surface area (Å²) in [7, 11) is 0. The Balaban J connectivity index is 1.20. The number of anilines is 1. The minimum Gasteiger partial charge on any atom is -0.339 e. The number of benzene rings is 3.